The van der Waals surface area contributed by atoms with Crippen LogP contribution in [0.5, 0.6) is 0 Å². The van der Waals surface area contributed by atoms with Crippen LogP contribution in [0.4, 0.5) is 0 Å². The number of aromatic nitrogens is 1. The molecule has 0 N–H and O–H groups in total. The van der Waals surface area contributed by atoms with Gasteiger partial charge in [-0.3, -0.25) is 4.98 Å². The Morgan fingerprint density at radius 3 is 2.09 bits per heavy atom. The third kappa shape index (κ3) is 0.635. The zero-order valence-corrected chi connectivity index (χ0v) is 6.94. The van der Waals surface area contributed by atoms with E-state index in [1.807, 2.05) is 0 Å². The zero-order valence-electron chi connectivity index (χ0n) is 6.94. The first-order valence-corrected chi connectivity index (χ1v) is 4.30. The van der Waals surface area contributed by atoms with Gasteiger partial charge in [-0.05, 0) is 22.6 Å². The van der Waals surface area contributed by atoms with Gasteiger partial charge in [-0.1, -0.05) is 13.8 Å². The van der Waals surface area contributed by atoms with Gasteiger partial charge in [-0.25, -0.2) is 0 Å². The molecular weight excluding hydrogens is 134 g/mol. The van der Waals surface area contributed by atoms with Crippen LogP contribution in [-0.4, -0.2) is 4.98 Å². The Bertz CT molecular complexity index is 322. The van der Waals surface area contributed by atoms with Gasteiger partial charge >= 0.3 is 0 Å². The third-order valence-electron chi connectivity index (χ3n) is 2.63. The number of rotatable bonds is 1. The monoisotopic (exact) mass is 145 g/mol. The van der Waals surface area contributed by atoms with Crippen molar-refractivity contribution in [3.8, 4) is 0 Å². The van der Waals surface area contributed by atoms with Crippen molar-refractivity contribution in [3.63, 3.8) is 0 Å². The largest absolute Gasteiger partial charge is 0.257 e. The molecule has 1 heterocycles. The molecule has 0 saturated carbocycles. The van der Waals surface area contributed by atoms with E-state index in [-0.39, 0.29) is 0 Å². The highest BCUT2D eigenvalue weighted by Crippen LogP contribution is 2.44. The molecule has 0 saturated heterocycles. The quantitative estimate of drug-likeness (QED) is 0.510. The van der Waals surface area contributed by atoms with Crippen molar-refractivity contribution in [2.75, 3.05) is 0 Å². The summed E-state index contributed by atoms with van der Waals surface area (Å²) in [7, 11) is 0. The second-order valence-corrected chi connectivity index (χ2v) is 3.88. The van der Waals surface area contributed by atoms with Gasteiger partial charge in [-0.15, -0.1) is 0 Å². The second-order valence-electron chi connectivity index (χ2n) is 3.88. The highest BCUT2D eigenvalue weighted by atomic mass is 14.8. The van der Waals surface area contributed by atoms with E-state index in [9.17, 15) is 0 Å². The standard InChI is InChI=1S/C10H11N/c1-5(2)10-6-3-8(6)11-9-4-7(9)10/h5H,3-4H2,1-2H3. The maximum absolute atomic E-state index is 4.50. The van der Waals surface area contributed by atoms with E-state index in [0.717, 1.165) is 0 Å². The van der Waals surface area contributed by atoms with Crippen LogP contribution in [0.3, 0.4) is 0 Å². The van der Waals surface area contributed by atoms with Crippen LogP contribution in [0.2, 0.25) is 0 Å². The maximum atomic E-state index is 4.50. The Kier molecular flexibility index (Phi) is 0.783. The molecule has 1 aromatic rings. The molecule has 0 amide bonds. The summed E-state index contributed by atoms with van der Waals surface area (Å²) in [6.07, 6.45) is 2.36. The van der Waals surface area contributed by atoms with Crippen molar-refractivity contribution in [1.29, 1.82) is 0 Å². The van der Waals surface area contributed by atoms with Crippen molar-refractivity contribution in [2.24, 2.45) is 0 Å². The molecule has 1 heteroatoms. The molecule has 0 bridgehead atoms. The Morgan fingerprint density at radius 1 is 1.09 bits per heavy atom. The SMILES string of the molecule is CC(C)c1c2c(nc3c1C3)C2. The van der Waals surface area contributed by atoms with Crippen molar-refractivity contribution in [3.05, 3.63) is 28.1 Å². The van der Waals surface area contributed by atoms with E-state index in [4.69, 9.17) is 0 Å². The molecule has 0 fully saturated rings. The molecule has 0 spiro atoms. The van der Waals surface area contributed by atoms with Gasteiger partial charge < -0.3 is 0 Å². The Labute approximate surface area is 66.5 Å². The lowest BCUT2D eigenvalue weighted by atomic mass is 10.0. The first-order chi connectivity index (χ1) is 5.27. The molecule has 11 heavy (non-hydrogen) atoms. The molecular formula is C10H11N. The minimum atomic E-state index is 0.713. The topological polar surface area (TPSA) is 12.9 Å². The fraction of sp³-hybridized carbons (Fsp3) is 0.500. The number of nitrogens with zero attached hydrogens (tertiary/aromatic N) is 1. The number of pyridine rings is 1. The first kappa shape index (κ1) is 5.76. The second kappa shape index (κ2) is 1.50. The minimum Gasteiger partial charge on any atom is -0.257 e. The van der Waals surface area contributed by atoms with Crippen molar-refractivity contribution >= 4 is 0 Å². The van der Waals surface area contributed by atoms with Crippen molar-refractivity contribution in [1.82, 2.24) is 4.98 Å². The van der Waals surface area contributed by atoms with Crippen LogP contribution in [0.25, 0.3) is 0 Å². The van der Waals surface area contributed by atoms with E-state index in [1.165, 1.54) is 24.2 Å². The average molecular weight is 145 g/mol. The van der Waals surface area contributed by atoms with Gasteiger partial charge in [0.1, 0.15) is 0 Å². The fourth-order valence-corrected chi connectivity index (χ4v) is 2.00. The highest BCUT2D eigenvalue weighted by Gasteiger charge is 2.35. The van der Waals surface area contributed by atoms with Gasteiger partial charge in [0, 0.05) is 24.2 Å². The molecule has 3 rings (SSSR count). The van der Waals surface area contributed by atoms with Crippen LogP contribution >= 0.6 is 0 Å². The molecule has 0 atom stereocenters. The molecule has 0 radical (unpaired) electrons. The predicted molar refractivity (Wildman–Crippen MR) is 43.9 cm³/mol. The molecule has 0 aliphatic heterocycles. The van der Waals surface area contributed by atoms with E-state index in [1.54, 1.807) is 16.7 Å². The zero-order chi connectivity index (χ0) is 7.59. The van der Waals surface area contributed by atoms with Crippen molar-refractivity contribution < 1.29 is 0 Å². The Hall–Kier alpha value is -0.850. The third-order valence-corrected chi connectivity index (χ3v) is 2.63. The molecule has 0 unspecified atom stereocenters. The van der Waals surface area contributed by atoms with E-state index in [2.05, 4.69) is 18.8 Å². The van der Waals surface area contributed by atoms with Gasteiger partial charge in [0.15, 0.2) is 0 Å². The van der Waals surface area contributed by atoms with Crippen LogP contribution in [0, 0.1) is 0 Å². The smallest absolute Gasteiger partial charge is 0.0490 e. The molecule has 0 aromatic carbocycles. The van der Waals surface area contributed by atoms with Gasteiger partial charge in [0.05, 0.1) is 0 Å². The summed E-state index contributed by atoms with van der Waals surface area (Å²) in [6.45, 7) is 4.57. The summed E-state index contributed by atoms with van der Waals surface area (Å²) in [5.41, 5.74) is 7.52. The lowest BCUT2D eigenvalue weighted by molar-refractivity contribution is 0.861. The molecule has 1 nitrogen and oxygen atoms in total. The fourth-order valence-electron chi connectivity index (χ4n) is 2.00. The molecule has 2 aliphatic rings. The van der Waals surface area contributed by atoms with Crippen molar-refractivity contribution in [2.45, 2.75) is 32.6 Å². The highest BCUT2D eigenvalue weighted by molar-refractivity contribution is 5.59. The molecule has 2 aliphatic carbocycles. The number of hydrogen-bond acceptors (Lipinski definition) is 1. The van der Waals surface area contributed by atoms with Crippen LogP contribution in [0.15, 0.2) is 0 Å². The summed E-state index contributed by atoms with van der Waals surface area (Å²) in [6, 6.07) is 0. The minimum absolute atomic E-state index is 0.713. The summed E-state index contributed by atoms with van der Waals surface area (Å²) >= 11 is 0. The average Bonchev–Trinajstić information content (AvgIpc) is 2.69. The van der Waals surface area contributed by atoms with Crippen LogP contribution < -0.4 is 0 Å². The first-order valence-electron chi connectivity index (χ1n) is 4.30. The lowest BCUT2D eigenvalue weighted by Gasteiger charge is -2.02. The summed E-state index contributed by atoms with van der Waals surface area (Å²) in [5, 5.41) is 0. The van der Waals surface area contributed by atoms with Crippen LogP contribution in [-0.2, 0) is 12.8 Å². The van der Waals surface area contributed by atoms with E-state index in [0.29, 0.717) is 5.92 Å². The summed E-state index contributed by atoms with van der Waals surface area (Å²) < 4.78 is 0. The molecule has 1 aromatic heterocycles. The normalized spacial score (nSPS) is 16.3. The number of fused-ring (bicyclic) bond motifs is 2. The molecule has 56 valence electrons. The Morgan fingerprint density at radius 2 is 1.64 bits per heavy atom. The van der Waals surface area contributed by atoms with E-state index < -0.39 is 0 Å². The summed E-state index contributed by atoms with van der Waals surface area (Å²) in [5.74, 6) is 0.713. The van der Waals surface area contributed by atoms with Gasteiger partial charge in [0.25, 0.3) is 0 Å². The lowest BCUT2D eigenvalue weighted by Crippen LogP contribution is -1.87. The van der Waals surface area contributed by atoms with Gasteiger partial charge in [-0.2, -0.15) is 0 Å². The Balaban J connectivity index is 2.26. The van der Waals surface area contributed by atoms with Gasteiger partial charge in [0.2, 0.25) is 0 Å². The van der Waals surface area contributed by atoms with E-state index >= 15 is 0 Å². The summed E-state index contributed by atoms with van der Waals surface area (Å²) in [4.78, 5) is 4.50. The predicted octanol–water partition coefficient (Wildman–Crippen LogP) is 2.01. The number of hydrogen-bond donors (Lipinski definition) is 0. The maximum Gasteiger partial charge on any atom is 0.0490 e. The van der Waals surface area contributed by atoms with Crippen LogP contribution in [0.1, 0.15) is 47.8 Å².